The summed E-state index contributed by atoms with van der Waals surface area (Å²) in [5.41, 5.74) is 2.95. The summed E-state index contributed by atoms with van der Waals surface area (Å²) in [4.78, 5) is 0. The number of allylic oxidation sites excluding steroid dienone is 2. The molecule has 2 heterocycles. The van der Waals surface area contributed by atoms with Gasteiger partial charge in [-0.3, -0.25) is 0 Å². The third kappa shape index (κ3) is 3.17. The van der Waals surface area contributed by atoms with E-state index < -0.39 is 37.3 Å². The van der Waals surface area contributed by atoms with Crippen LogP contribution in [0.5, 0.6) is 17.2 Å². The molecule has 0 amide bonds. The Bertz CT molecular complexity index is 815. The molecule has 152 valence electrons. The minimum Gasteiger partial charge on any atom is -0.504 e. The van der Waals surface area contributed by atoms with Crippen LogP contribution in [0.2, 0.25) is 0 Å². The molecule has 8 heteroatoms. The van der Waals surface area contributed by atoms with Gasteiger partial charge in [-0.2, -0.15) is 0 Å². The molecule has 8 nitrogen and oxygen atoms in total. The smallest absolute Gasteiger partial charge is 0.229 e. The Morgan fingerprint density at radius 3 is 2.46 bits per heavy atom. The van der Waals surface area contributed by atoms with Crippen molar-refractivity contribution in [3.63, 3.8) is 0 Å². The van der Waals surface area contributed by atoms with Crippen LogP contribution in [0.1, 0.15) is 31.2 Å². The van der Waals surface area contributed by atoms with E-state index in [1.54, 1.807) is 6.07 Å². The number of benzene rings is 1. The van der Waals surface area contributed by atoms with E-state index in [-0.39, 0.29) is 11.5 Å². The van der Waals surface area contributed by atoms with E-state index in [9.17, 15) is 25.5 Å². The Balaban J connectivity index is 1.63. The van der Waals surface area contributed by atoms with E-state index in [2.05, 4.69) is 6.58 Å². The van der Waals surface area contributed by atoms with Crippen molar-refractivity contribution in [2.75, 3.05) is 6.61 Å². The van der Waals surface area contributed by atoms with Gasteiger partial charge in [-0.1, -0.05) is 6.58 Å². The molecule has 28 heavy (non-hydrogen) atoms. The molecule has 0 aromatic heterocycles. The number of aromatic hydroxyl groups is 1. The number of fused-ring (bicyclic) bond motifs is 2. The molecule has 1 aromatic carbocycles. The number of phenolic OH excluding ortho intramolecular Hbond substituents is 1. The fourth-order valence-corrected chi connectivity index (χ4v) is 3.96. The van der Waals surface area contributed by atoms with Crippen LogP contribution in [-0.2, 0) is 4.74 Å². The summed E-state index contributed by atoms with van der Waals surface area (Å²) >= 11 is 0. The predicted molar refractivity (Wildman–Crippen MR) is 97.7 cm³/mol. The summed E-state index contributed by atoms with van der Waals surface area (Å²) in [6.07, 6.45) is -3.24. The molecule has 1 saturated heterocycles. The van der Waals surface area contributed by atoms with Gasteiger partial charge in [-0.25, -0.2) is 0 Å². The van der Waals surface area contributed by atoms with Gasteiger partial charge in [-0.15, -0.1) is 0 Å². The van der Waals surface area contributed by atoms with Crippen molar-refractivity contribution in [2.24, 2.45) is 0 Å². The van der Waals surface area contributed by atoms with Crippen LogP contribution in [0.4, 0.5) is 0 Å². The van der Waals surface area contributed by atoms with Gasteiger partial charge in [0.25, 0.3) is 0 Å². The van der Waals surface area contributed by atoms with Crippen molar-refractivity contribution >= 4 is 5.57 Å². The van der Waals surface area contributed by atoms with Gasteiger partial charge in [0.1, 0.15) is 35.9 Å². The molecule has 5 atom stereocenters. The Morgan fingerprint density at radius 2 is 1.75 bits per heavy atom. The number of ether oxygens (including phenoxy) is 3. The Kier molecular flexibility index (Phi) is 5.07. The van der Waals surface area contributed by atoms with E-state index in [4.69, 9.17) is 14.2 Å². The standard InChI is InChI=1S/C20H24O8/c1-9-10-4-2-3-5-11(10)12-6-13(22)15(7-14(12)26-9)27-20-19(25)18(24)17(23)16(8-21)28-20/h6-7,16-25H,1-5,8H2/t16?,17-,18+,19?,20+/m0/s1. The largest absolute Gasteiger partial charge is 0.504 e. The first-order valence-electron chi connectivity index (χ1n) is 9.34. The highest BCUT2D eigenvalue weighted by Crippen LogP contribution is 2.48. The van der Waals surface area contributed by atoms with Gasteiger partial charge >= 0.3 is 0 Å². The first-order valence-corrected chi connectivity index (χ1v) is 9.34. The maximum absolute atomic E-state index is 10.5. The van der Waals surface area contributed by atoms with Crippen molar-refractivity contribution in [1.29, 1.82) is 0 Å². The molecule has 4 rings (SSSR count). The first kappa shape index (κ1) is 19.2. The predicted octanol–water partition coefficient (Wildman–Crippen LogP) is 0.805. The summed E-state index contributed by atoms with van der Waals surface area (Å²) in [6.45, 7) is 3.41. The molecule has 1 aliphatic carbocycles. The Morgan fingerprint density at radius 1 is 1.04 bits per heavy atom. The van der Waals surface area contributed by atoms with Crippen molar-refractivity contribution in [2.45, 2.75) is 56.4 Å². The lowest BCUT2D eigenvalue weighted by Gasteiger charge is -2.39. The van der Waals surface area contributed by atoms with E-state index in [0.29, 0.717) is 11.5 Å². The number of aliphatic hydroxyl groups is 4. The molecule has 2 unspecified atom stereocenters. The molecular formula is C20H24O8. The lowest BCUT2D eigenvalue weighted by atomic mass is 9.84. The van der Waals surface area contributed by atoms with Crippen LogP contribution in [0.15, 0.2) is 30.0 Å². The van der Waals surface area contributed by atoms with Crippen LogP contribution in [0, 0.1) is 0 Å². The maximum atomic E-state index is 10.5. The van der Waals surface area contributed by atoms with Gasteiger partial charge in [-0.05, 0) is 42.9 Å². The molecule has 0 spiro atoms. The third-order valence-electron chi connectivity index (χ3n) is 5.52. The second kappa shape index (κ2) is 7.38. The zero-order chi connectivity index (χ0) is 20.0. The SMILES string of the molecule is C=C1Oc2cc(O[C@@H]3OC(CO)[C@H](O)[C@@H](O)C3O)c(O)cc2C2=C1CCCC2. The van der Waals surface area contributed by atoms with Gasteiger partial charge in [0, 0.05) is 11.6 Å². The molecule has 1 fully saturated rings. The molecule has 2 aliphatic heterocycles. The summed E-state index contributed by atoms with van der Waals surface area (Å²) in [6, 6.07) is 3.03. The number of rotatable bonds is 3. The molecular weight excluding hydrogens is 368 g/mol. The maximum Gasteiger partial charge on any atom is 0.229 e. The summed E-state index contributed by atoms with van der Waals surface area (Å²) in [5.74, 6) is 0.856. The quantitative estimate of drug-likeness (QED) is 0.511. The fourth-order valence-electron chi connectivity index (χ4n) is 3.96. The minimum absolute atomic E-state index is 0.0178. The van der Waals surface area contributed by atoms with Crippen LogP contribution in [0.3, 0.4) is 0 Å². The molecule has 0 radical (unpaired) electrons. The van der Waals surface area contributed by atoms with E-state index in [0.717, 1.165) is 42.4 Å². The van der Waals surface area contributed by atoms with E-state index in [1.807, 2.05) is 0 Å². The Hall–Kier alpha value is -2.10. The third-order valence-corrected chi connectivity index (χ3v) is 5.52. The Labute approximate surface area is 161 Å². The highest BCUT2D eigenvalue weighted by atomic mass is 16.7. The second-order valence-electron chi connectivity index (χ2n) is 7.32. The lowest BCUT2D eigenvalue weighted by Crippen LogP contribution is -2.60. The zero-order valence-electron chi connectivity index (χ0n) is 15.2. The highest BCUT2D eigenvalue weighted by Gasteiger charge is 2.45. The van der Waals surface area contributed by atoms with Crippen LogP contribution >= 0.6 is 0 Å². The van der Waals surface area contributed by atoms with Gasteiger partial charge in [0.05, 0.1) is 6.61 Å². The van der Waals surface area contributed by atoms with Crippen LogP contribution < -0.4 is 9.47 Å². The minimum atomic E-state index is -1.57. The van der Waals surface area contributed by atoms with Gasteiger partial charge in [0.2, 0.25) is 6.29 Å². The van der Waals surface area contributed by atoms with E-state index in [1.165, 1.54) is 6.07 Å². The average Bonchev–Trinajstić information content (AvgIpc) is 2.70. The molecule has 5 N–H and O–H groups in total. The summed E-state index contributed by atoms with van der Waals surface area (Å²) in [5, 5.41) is 49.6. The van der Waals surface area contributed by atoms with Crippen molar-refractivity contribution < 1.29 is 39.7 Å². The number of hydrogen-bond acceptors (Lipinski definition) is 8. The van der Waals surface area contributed by atoms with Crippen molar-refractivity contribution in [1.82, 2.24) is 0 Å². The average molecular weight is 392 g/mol. The van der Waals surface area contributed by atoms with Crippen LogP contribution in [-0.4, -0.2) is 62.8 Å². The topological polar surface area (TPSA) is 129 Å². The highest BCUT2D eigenvalue weighted by molar-refractivity contribution is 5.80. The summed E-state index contributed by atoms with van der Waals surface area (Å²) < 4.78 is 16.7. The monoisotopic (exact) mass is 392 g/mol. The molecule has 1 aromatic rings. The van der Waals surface area contributed by atoms with E-state index >= 15 is 0 Å². The number of aliphatic hydroxyl groups excluding tert-OH is 4. The second-order valence-corrected chi connectivity index (χ2v) is 7.32. The fraction of sp³-hybridized carbons (Fsp3) is 0.500. The summed E-state index contributed by atoms with van der Waals surface area (Å²) in [7, 11) is 0. The first-order chi connectivity index (χ1) is 13.4. The van der Waals surface area contributed by atoms with Crippen LogP contribution in [0.25, 0.3) is 5.57 Å². The van der Waals surface area contributed by atoms with Crippen molar-refractivity contribution in [3.8, 4) is 17.2 Å². The number of hydrogen-bond donors (Lipinski definition) is 5. The van der Waals surface area contributed by atoms with Crippen molar-refractivity contribution in [3.05, 3.63) is 35.6 Å². The molecule has 0 saturated carbocycles. The van der Waals surface area contributed by atoms with Gasteiger partial charge in [0.15, 0.2) is 11.5 Å². The normalized spacial score (nSPS) is 32.4. The number of phenols is 1. The van der Waals surface area contributed by atoms with Gasteiger partial charge < -0.3 is 39.7 Å². The lowest BCUT2D eigenvalue weighted by molar-refractivity contribution is -0.277. The zero-order valence-corrected chi connectivity index (χ0v) is 15.2. The molecule has 3 aliphatic rings. The molecule has 0 bridgehead atoms.